The third-order valence-electron chi connectivity index (χ3n) is 3.04. The fourth-order valence-electron chi connectivity index (χ4n) is 2.24. The Hall–Kier alpha value is -0.670. The second kappa shape index (κ2) is 4.90. The highest BCUT2D eigenvalue weighted by Crippen LogP contribution is 2.19. The highest BCUT2D eigenvalue weighted by Gasteiger charge is 2.23. The smallest absolute Gasteiger partial charge is 0.151 e. The number of likely N-dealkylation sites (tertiary alicyclic amines) is 1. The summed E-state index contributed by atoms with van der Waals surface area (Å²) in [6.45, 7) is 4.57. The number of rotatable bonds is 3. The average Bonchev–Trinajstić information content (AvgIpc) is 2.69. The van der Waals surface area contributed by atoms with Crippen LogP contribution in [0, 0.1) is 0 Å². The fourth-order valence-corrected chi connectivity index (χ4v) is 2.34. The number of likely N-dealkylation sites (N-methyl/N-ethyl adjacent to an activating group) is 1. The van der Waals surface area contributed by atoms with Gasteiger partial charge in [-0.3, -0.25) is 0 Å². The van der Waals surface area contributed by atoms with Gasteiger partial charge in [0.15, 0.2) is 5.15 Å². The summed E-state index contributed by atoms with van der Waals surface area (Å²) in [5.74, 6) is 0. The van der Waals surface area contributed by atoms with E-state index in [0.717, 1.165) is 18.7 Å². The summed E-state index contributed by atoms with van der Waals surface area (Å²) in [5, 5.41) is 8.44. The molecule has 0 saturated carbocycles. The molecule has 1 saturated heterocycles. The van der Waals surface area contributed by atoms with Crippen LogP contribution in [0.15, 0.2) is 12.1 Å². The summed E-state index contributed by atoms with van der Waals surface area (Å²) >= 11 is 5.70. The number of halogens is 1. The molecule has 1 fully saturated rings. The van der Waals surface area contributed by atoms with Gasteiger partial charge in [0, 0.05) is 12.5 Å². The molecule has 0 aliphatic carbocycles. The van der Waals surface area contributed by atoms with Gasteiger partial charge >= 0.3 is 0 Å². The lowest BCUT2D eigenvalue weighted by Crippen LogP contribution is -2.31. The summed E-state index contributed by atoms with van der Waals surface area (Å²) in [6, 6.07) is 4.43. The van der Waals surface area contributed by atoms with Crippen molar-refractivity contribution in [2.75, 3.05) is 13.1 Å². The van der Waals surface area contributed by atoms with Crippen LogP contribution in [0.1, 0.15) is 25.5 Å². The van der Waals surface area contributed by atoms with E-state index in [0.29, 0.717) is 11.2 Å². The molecule has 2 heterocycles. The summed E-state index contributed by atoms with van der Waals surface area (Å²) in [5.41, 5.74) is 1.05. The first-order valence-electron chi connectivity index (χ1n) is 5.51. The van der Waals surface area contributed by atoms with Gasteiger partial charge in [0.2, 0.25) is 0 Å². The summed E-state index contributed by atoms with van der Waals surface area (Å²) in [7, 11) is 0. The molecule has 0 N–H and O–H groups in total. The molecule has 15 heavy (non-hydrogen) atoms. The molecular formula is C11H16ClN3. The monoisotopic (exact) mass is 225 g/mol. The van der Waals surface area contributed by atoms with Crippen LogP contribution in [0.2, 0.25) is 5.15 Å². The maximum absolute atomic E-state index is 5.70. The molecule has 4 heteroatoms. The Labute approximate surface area is 95.5 Å². The van der Waals surface area contributed by atoms with E-state index in [-0.39, 0.29) is 0 Å². The third kappa shape index (κ3) is 2.67. The first-order chi connectivity index (χ1) is 7.29. The van der Waals surface area contributed by atoms with Gasteiger partial charge in [0.05, 0.1) is 5.69 Å². The van der Waals surface area contributed by atoms with Crippen molar-refractivity contribution in [2.45, 2.75) is 32.2 Å². The van der Waals surface area contributed by atoms with Crippen LogP contribution in [0.4, 0.5) is 0 Å². The van der Waals surface area contributed by atoms with E-state index in [2.05, 4.69) is 22.0 Å². The van der Waals surface area contributed by atoms with E-state index in [1.54, 1.807) is 0 Å². The lowest BCUT2D eigenvalue weighted by Gasteiger charge is -2.21. The van der Waals surface area contributed by atoms with Crippen molar-refractivity contribution < 1.29 is 0 Å². The van der Waals surface area contributed by atoms with Gasteiger partial charge < -0.3 is 4.90 Å². The van der Waals surface area contributed by atoms with Crippen LogP contribution in [0.5, 0.6) is 0 Å². The molecular weight excluding hydrogens is 210 g/mol. The van der Waals surface area contributed by atoms with Gasteiger partial charge in [0.25, 0.3) is 0 Å². The minimum absolute atomic E-state index is 0.470. The SMILES string of the molecule is CCN1CCCC1Cc1ccc(Cl)nn1. The molecule has 1 aliphatic rings. The Balaban J connectivity index is 1.99. The van der Waals surface area contributed by atoms with Gasteiger partial charge in [-0.25, -0.2) is 0 Å². The quantitative estimate of drug-likeness (QED) is 0.790. The zero-order chi connectivity index (χ0) is 10.7. The summed E-state index contributed by atoms with van der Waals surface area (Å²) < 4.78 is 0. The van der Waals surface area contributed by atoms with Crippen molar-refractivity contribution in [1.29, 1.82) is 0 Å². The fraction of sp³-hybridized carbons (Fsp3) is 0.636. The molecule has 1 unspecified atom stereocenters. The van der Waals surface area contributed by atoms with Crippen LogP contribution < -0.4 is 0 Å². The Kier molecular flexibility index (Phi) is 3.54. The standard InChI is InChI=1S/C11H16ClN3/c1-2-15-7-3-4-10(15)8-9-5-6-11(12)14-13-9/h5-6,10H,2-4,7-8H2,1H3. The summed E-state index contributed by atoms with van der Waals surface area (Å²) in [4.78, 5) is 2.51. The highest BCUT2D eigenvalue weighted by atomic mass is 35.5. The first kappa shape index (κ1) is 10.8. The number of hydrogen-bond acceptors (Lipinski definition) is 3. The Morgan fingerprint density at radius 3 is 3.00 bits per heavy atom. The lowest BCUT2D eigenvalue weighted by atomic mass is 10.1. The van der Waals surface area contributed by atoms with E-state index in [1.165, 1.54) is 19.4 Å². The molecule has 3 nitrogen and oxygen atoms in total. The number of aromatic nitrogens is 2. The molecule has 0 amide bonds. The molecule has 0 radical (unpaired) electrons. The largest absolute Gasteiger partial charge is 0.300 e. The average molecular weight is 226 g/mol. The second-order valence-corrected chi connectivity index (χ2v) is 4.36. The Morgan fingerprint density at radius 2 is 2.33 bits per heavy atom. The molecule has 1 aliphatic heterocycles. The van der Waals surface area contributed by atoms with Crippen LogP contribution in [-0.4, -0.2) is 34.2 Å². The second-order valence-electron chi connectivity index (χ2n) is 3.98. The van der Waals surface area contributed by atoms with Crippen molar-refractivity contribution in [1.82, 2.24) is 15.1 Å². The van der Waals surface area contributed by atoms with E-state index in [4.69, 9.17) is 11.6 Å². The predicted molar refractivity (Wildman–Crippen MR) is 61.0 cm³/mol. The van der Waals surface area contributed by atoms with Crippen LogP contribution >= 0.6 is 11.6 Å². The van der Waals surface area contributed by atoms with Crippen LogP contribution in [0.3, 0.4) is 0 Å². The maximum atomic E-state index is 5.70. The normalized spacial score (nSPS) is 22.1. The van der Waals surface area contributed by atoms with Gasteiger partial charge in [-0.1, -0.05) is 18.5 Å². The molecule has 2 rings (SSSR count). The van der Waals surface area contributed by atoms with Crippen LogP contribution in [-0.2, 0) is 6.42 Å². The van der Waals surface area contributed by atoms with Crippen molar-refractivity contribution in [3.05, 3.63) is 23.0 Å². The first-order valence-corrected chi connectivity index (χ1v) is 5.89. The van der Waals surface area contributed by atoms with E-state index in [9.17, 15) is 0 Å². The van der Waals surface area contributed by atoms with Crippen molar-refractivity contribution >= 4 is 11.6 Å². The molecule has 82 valence electrons. The molecule has 0 bridgehead atoms. The van der Waals surface area contributed by atoms with Gasteiger partial charge in [-0.15, -0.1) is 5.10 Å². The maximum Gasteiger partial charge on any atom is 0.151 e. The Morgan fingerprint density at radius 1 is 1.47 bits per heavy atom. The van der Waals surface area contributed by atoms with Gasteiger partial charge in [-0.05, 0) is 38.1 Å². The molecule has 1 atom stereocenters. The topological polar surface area (TPSA) is 29.0 Å². The zero-order valence-corrected chi connectivity index (χ0v) is 9.74. The van der Waals surface area contributed by atoms with E-state index in [1.807, 2.05) is 12.1 Å². The molecule has 1 aromatic heterocycles. The predicted octanol–water partition coefficient (Wildman–Crippen LogP) is 2.16. The number of hydrogen-bond donors (Lipinski definition) is 0. The summed E-state index contributed by atoms with van der Waals surface area (Å²) in [6.07, 6.45) is 3.58. The van der Waals surface area contributed by atoms with E-state index >= 15 is 0 Å². The highest BCUT2D eigenvalue weighted by molar-refractivity contribution is 6.29. The van der Waals surface area contributed by atoms with Crippen molar-refractivity contribution in [3.8, 4) is 0 Å². The minimum Gasteiger partial charge on any atom is -0.300 e. The lowest BCUT2D eigenvalue weighted by molar-refractivity contribution is 0.264. The molecule has 1 aromatic rings. The third-order valence-corrected chi connectivity index (χ3v) is 3.24. The van der Waals surface area contributed by atoms with Gasteiger partial charge in [0.1, 0.15) is 0 Å². The van der Waals surface area contributed by atoms with Crippen LogP contribution in [0.25, 0.3) is 0 Å². The zero-order valence-electron chi connectivity index (χ0n) is 8.99. The molecule has 0 aromatic carbocycles. The Bertz CT molecular complexity index is 312. The number of nitrogens with zero attached hydrogens (tertiary/aromatic N) is 3. The molecule has 0 spiro atoms. The van der Waals surface area contributed by atoms with Crippen molar-refractivity contribution in [3.63, 3.8) is 0 Å². The van der Waals surface area contributed by atoms with Crippen molar-refractivity contribution in [2.24, 2.45) is 0 Å². The van der Waals surface area contributed by atoms with Gasteiger partial charge in [-0.2, -0.15) is 5.10 Å². The van der Waals surface area contributed by atoms with E-state index < -0.39 is 0 Å². The minimum atomic E-state index is 0.470.